The second-order valence-corrected chi connectivity index (χ2v) is 3.83. The van der Waals surface area contributed by atoms with E-state index in [1.807, 2.05) is 0 Å². The van der Waals surface area contributed by atoms with Crippen LogP contribution in [0, 0.1) is 0 Å². The number of ether oxygens (including phenoxy) is 1. The number of aromatic hydroxyl groups is 1. The molecule has 0 aliphatic carbocycles. The van der Waals surface area contributed by atoms with E-state index in [9.17, 15) is 14.7 Å². The summed E-state index contributed by atoms with van der Waals surface area (Å²) in [7, 11) is 1.54. The summed E-state index contributed by atoms with van der Waals surface area (Å²) in [6.07, 6.45) is 0. The molecule has 1 heterocycles. The number of rotatable bonds is 2. The Kier molecular flexibility index (Phi) is 3.06. The second kappa shape index (κ2) is 4.52. The SMILES string of the molecule is CCOC(=O)c1c(O)c(=O)n(C)c2ccccc12. The number of carbonyl (C=O) groups excluding carboxylic acids is 1. The number of hydrogen-bond acceptors (Lipinski definition) is 4. The van der Waals surface area contributed by atoms with E-state index >= 15 is 0 Å². The van der Waals surface area contributed by atoms with Crippen molar-refractivity contribution in [2.75, 3.05) is 6.61 Å². The van der Waals surface area contributed by atoms with Crippen molar-refractivity contribution in [2.24, 2.45) is 7.05 Å². The topological polar surface area (TPSA) is 68.5 Å². The van der Waals surface area contributed by atoms with E-state index in [0.29, 0.717) is 10.9 Å². The number of benzene rings is 1. The number of esters is 1. The summed E-state index contributed by atoms with van der Waals surface area (Å²) in [5.74, 6) is -1.27. The lowest BCUT2D eigenvalue weighted by molar-refractivity contribution is 0.0525. The molecular weight excluding hydrogens is 234 g/mol. The van der Waals surface area contributed by atoms with Gasteiger partial charge in [-0.2, -0.15) is 0 Å². The van der Waals surface area contributed by atoms with E-state index in [4.69, 9.17) is 4.74 Å². The Morgan fingerprint density at radius 1 is 1.39 bits per heavy atom. The fourth-order valence-corrected chi connectivity index (χ4v) is 1.89. The lowest BCUT2D eigenvalue weighted by Gasteiger charge is -2.11. The Hall–Kier alpha value is -2.30. The van der Waals surface area contributed by atoms with Crippen molar-refractivity contribution >= 4 is 16.9 Å². The molecule has 0 aliphatic rings. The molecule has 0 radical (unpaired) electrons. The van der Waals surface area contributed by atoms with Gasteiger partial charge in [0.15, 0.2) is 5.75 Å². The molecule has 18 heavy (non-hydrogen) atoms. The number of hydrogen-bond donors (Lipinski definition) is 1. The zero-order valence-electron chi connectivity index (χ0n) is 10.1. The fourth-order valence-electron chi connectivity index (χ4n) is 1.89. The maximum atomic E-state index is 11.8. The largest absolute Gasteiger partial charge is 0.502 e. The molecule has 5 nitrogen and oxygen atoms in total. The third kappa shape index (κ3) is 1.73. The normalized spacial score (nSPS) is 10.6. The molecule has 0 saturated carbocycles. The van der Waals surface area contributed by atoms with E-state index < -0.39 is 17.3 Å². The van der Waals surface area contributed by atoms with Gasteiger partial charge in [-0.05, 0) is 13.0 Å². The number of fused-ring (bicyclic) bond motifs is 1. The van der Waals surface area contributed by atoms with Gasteiger partial charge in [-0.1, -0.05) is 18.2 Å². The van der Waals surface area contributed by atoms with Crippen LogP contribution in [-0.4, -0.2) is 22.2 Å². The molecule has 2 aromatic rings. The van der Waals surface area contributed by atoms with Gasteiger partial charge in [0.25, 0.3) is 5.56 Å². The lowest BCUT2D eigenvalue weighted by atomic mass is 10.1. The van der Waals surface area contributed by atoms with E-state index in [1.165, 1.54) is 4.57 Å². The van der Waals surface area contributed by atoms with Crippen LogP contribution < -0.4 is 5.56 Å². The molecule has 0 amide bonds. The summed E-state index contributed by atoms with van der Waals surface area (Å²) < 4.78 is 6.16. The second-order valence-electron chi connectivity index (χ2n) is 3.83. The molecule has 94 valence electrons. The molecular formula is C13H13NO4. The summed E-state index contributed by atoms with van der Waals surface area (Å²) in [4.78, 5) is 23.6. The summed E-state index contributed by atoms with van der Waals surface area (Å²) in [5, 5.41) is 10.3. The predicted octanol–water partition coefficient (Wildman–Crippen LogP) is 1.42. The minimum Gasteiger partial charge on any atom is -0.502 e. The van der Waals surface area contributed by atoms with Crippen LogP contribution in [0.25, 0.3) is 10.9 Å². The summed E-state index contributed by atoms with van der Waals surface area (Å²) >= 11 is 0. The minimum absolute atomic E-state index is 0.0736. The molecule has 0 atom stereocenters. The van der Waals surface area contributed by atoms with Crippen LogP contribution in [0.1, 0.15) is 17.3 Å². The standard InChI is InChI=1S/C13H13NO4/c1-3-18-13(17)10-8-6-4-5-7-9(8)14(2)12(16)11(10)15/h4-7,15H,3H2,1-2H3. The maximum Gasteiger partial charge on any atom is 0.342 e. The van der Waals surface area contributed by atoms with Gasteiger partial charge in [0.05, 0.1) is 12.1 Å². The van der Waals surface area contributed by atoms with Gasteiger partial charge in [0, 0.05) is 12.4 Å². The quantitative estimate of drug-likeness (QED) is 0.815. The Labute approximate surface area is 103 Å². The number of nitrogens with zero attached hydrogens (tertiary/aromatic N) is 1. The molecule has 1 N–H and O–H groups in total. The third-order valence-electron chi connectivity index (χ3n) is 2.76. The van der Waals surface area contributed by atoms with E-state index in [-0.39, 0.29) is 12.2 Å². The molecule has 0 spiro atoms. The monoisotopic (exact) mass is 247 g/mol. The van der Waals surface area contributed by atoms with Crippen LogP contribution in [0.2, 0.25) is 0 Å². The summed E-state index contributed by atoms with van der Waals surface area (Å²) in [6, 6.07) is 6.86. The first-order valence-electron chi connectivity index (χ1n) is 5.55. The molecule has 5 heteroatoms. The molecule has 0 saturated heterocycles. The average molecular weight is 247 g/mol. The van der Waals surface area contributed by atoms with Crippen LogP contribution in [0.5, 0.6) is 5.75 Å². The van der Waals surface area contributed by atoms with Crippen LogP contribution in [0.3, 0.4) is 0 Å². The van der Waals surface area contributed by atoms with Crippen molar-refractivity contribution in [3.05, 3.63) is 40.2 Å². The van der Waals surface area contributed by atoms with Gasteiger partial charge in [-0.15, -0.1) is 0 Å². The van der Waals surface area contributed by atoms with Gasteiger partial charge in [-0.3, -0.25) is 4.79 Å². The van der Waals surface area contributed by atoms with Crippen molar-refractivity contribution in [2.45, 2.75) is 6.92 Å². The highest BCUT2D eigenvalue weighted by molar-refractivity contribution is 6.05. The van der Waals surface area contributed by atoms with Gasteiger partial charge in [0.2, 0.25) is 0 Å². The van der Waals surface area contributed by atoms with Crippen molar-refractivity contribution in [3.63, 3.8) is 0 Å². The first kappa shape index (κ1) is 12.2. The molecule has 1 aromatic carbocycles. The highest BCUT2D eigenvalue weighted by Crippen LogP contribution is 2.24. The first-order chi connectivity index (χ1) is 8.57. The Morgan fingerprint density at radius 2 is 2.06 bits per heavy atom. The molecule has 2 rings (SSSR count). The highest BCUT2D eigenvalue weighted by atomic mass is 16.5. The number of carbonyl (C=O) groups is 1. The zero-order chi connectivity index (χ0) is 13.3. The maximum absolute atomic E-state index is 11.8. The van der Waals surface area contributed by atoms with Gasteiger partial charge in [0.1, 0.15) is 5.56 Å². The van der Waals surface area contributed by atoms with Crippen LogP contribution >= 0.6 is 0 Å². The Morgan fingerprint density at radius 3 is 2.72 bits per heavy atom. The molecule has 0 fully saturated rings. The van der Waals surface area contributed by atoms with Crippen molar-refractivity contribution in [1.82, 2.24) is 4.57 Å². The van der Waals surface area contributed by atoms with Crippen molar-refractivity contribution in [1.29, 1.82) is 0 Å². The average Bonchev–Trinajstić information content (AvgIpc) is 2.37. The molecule has 0 bridgehead atoms. The minimum atomic E-state index is -0.691. The van der Waals surface area contributed by atoms with Crippen LogP contribution in [0.4, 0.5) is 0 Å². The fraction of sp³-hybridized carbons (Fsp3) is 0.231. The van der Waals surface area contributed by atoms with Crippen molar-refractivity contribution < 1.29 is 14.6 Å². The number of para-hydroxylation sites is 1. The summed E-state index contributed by atoms with van der Waals surface area (Å²) in [6.45, 7) is 1.85. The molecule has 1 aromatic heterocycles. The number of aryl methyl sites for hydroxylation is 1. The molecule has 0 aliphatic heterocycles. The van der Waals surface area contributed by atoms with Crippen LogP contribution in [0.15, 0.2) is 29.1 Å². The van der Waals surface area contributed by atoms with Gasteiger partial charge >= 0.3 is 5.97 Å². The predicted molar refractivity (Wildman–Crippen MR) is 66.8 cm³/mol. The smallest absolute Gasteiger partial charge is 0.342 e. The number of aromatic nitrogens is 1. The van der Waals surface area contributed by atoms with Gasteiger partial charge in [-0.25, -0.2) is 4.79 Å². The summed E-state index contributed by atoms with van der Waals surface area (Å²) in [5.41, 5.74) is -0.115. The van der Waals surface area contributed by atoms with E-state index in [2.05, 4.69) is 0 Å². The zero-order valence-corrected chi connectivity index (χ0v) is 10.1. The van der Waals surface area contributed by atoms with Crippen molar-refractivity contribution in [3.8, 4) is 5.75 Å². The van der Waals surface area contributed by atoms with Crippen LogP contribution in [-0.2, 0) is 11.8 Å². The Balaban J connectivity index is 2.87. The highest BCUT2D eigenvalue weighted by Gasteiger charge is 2.21. The van der Waals surface area contributed by atoms with E-state index in [0.717, 1.165) is 0 Å². The first-order valence-corrected chi connectivity index (χ1v) is 5.55. The Bertz CT molecular complexity index is 672. The molecule has 0 unspecified atom stereocenters. The third-order valence-corrected chi connectivity index (χ3v) is 2.76. The number of pyridine rings is 1. The van der Waals surface area contributed by atoms with Gasteiger partial charge < -0.3 is 14.4 Å². The van der Waals surface area contributed by atoms with E-state index in [1.54, 1.807) is 38.2 Å². The lowest BCUT2D eigenvalue weighted by Crippen LogP contribution is -2.20.